The van der Waals surface area contributed by atoms with Crippen molar-refractivity contribution in [3.05, 3.63) is 36.1 Å². The minimum Gasteiger partial charge on any atom is -0.460 e. The van der Waals surface area contributed by atoms with Gasteiger partial charge in [0.2, 0.25) is 0 Å². The summed E-state index contributed by atoms with van der Waals surface area (Å²) in [6.07, 6.45) is 1.50. The second kappa shape index (κ2) is 6.24. The molecule has 0 bridgehead atoms. The Morgan fingerprint density at radius 2 is 2.00 bits per heavy atom. The van der Waals surface area contributed by atoms with Crippen LogP contribution >= 0.6 is 0 Å². The molecule has 3 rings (SSSR count). The Labute approximate surface area is 136 Å². The molecule has 0 atom stereocenters. The molecule has 1 amide bonds. The number of nitrogens with one attached hydrogen (secondary N) is 2. The Balaban J connectivity index is 1.40. The Kier molecular flexibility index (Phi) is 4.31. The number of ether oxygens (including phenoxy) is 1. The van der Waals surface area contributed by atoms with Crippen LogP contribution in [-0.4, -0.2) is 23.8 Å². The summed E-state index contributed by atoms with van der Waals surface area (Å²) < 4.78 is 11.0. The van der Waals surface area contributed by atoms with E-state index in [1.54, 1.807) is 0 Å². The number of hydrogen-bond donors (Lipinski definition) is 2. The fourth-order valence-electron chi connectivity index (χ4n) is 2.75. The van der Waals surface area contributed by atoms with Gasteiger partial charge in [-0.25, -0.2) is 4.79 Å². The molecule has 1 aromatic carbocycles. The molecule has 1 aliphatic carbocycles. The van der Waals surface area contributed by atoms with Crippen LogP contribution in [0.25, 0.3) is 11.0 Å². The van der Waals surface area contributed by atoms with Gasteiger partial charge in [0.25, 0.3) is 0 Å². The van der Waals surface area contributed by atoms with Crippen molar-refractivity contribution in [1.29, 1.82) is 0 Å². The zero-order chi connectivity index (χ0) is 16.4. The molecule has 0 spiro atoms. The van der Waals surface area contributed by atoms with Gasteiger partial charge in [-0.2, -0.15) is 0 Å². The number of benzene rings is 1. The van der Waals surface area contributed by atoms with Crippen LogP contribution in [0.2, 0.25) is 0 Å². The average molecular weight is 316 g/mol. The minimum absolute atomic E-state index is 0.193. The standard InChI is InChI=1S/C18H24N2O3/c1-18(2,3)23-17(21)20-14-9-13(10-14)19-11-15-8-12-6-4-5-7-16(12)22-15/h4-8,13-14,19H,9-11H2,1-3H3,(H,20,21). The minimum atomic E-state index is -0.452. The maximum absolute atomic E-state index is 11.7. The van der Waals surface area contributed by atoms with Crippen LogP contribution in [0.1, 0.15) is 39.4 Å². The Bertz CT molecular complexity index is 648. The summed E-state index contributed by atoms with van der Waals surface area (Å²) >= 11 is 0. The van der Waals surface area contributed by atoms with Crippen LogP contribution < -0.4 is 10.6 Å². The van der Waals surface area contributed by atoms with E-state index in [1.807, 2.05) is 45.0 Å². The first-order valence-corrected chi connectivity index (χ1v) is 8.09. The van der Waals surface area contributed by atoms with Crippen molar-refractivity contribution in [2.24, 2.45) is 0 Å². The molecule has 5 nitrogen and oxygen atoms in total. The second-order valence-corrected chi connectivity index (χ2v) is 7.14. The molecular formula is C18H24N2O3. The Hall–Kier alpha value is -2.01. The summed E-state index contributed by atoms with van der Waals surface area (Å²) in [5.41, 5.74) is 0.467. The fourth-order valence-corrected chi connectivity index (χ4v) is 2.75. The van der Waals surface area contributed by atoms with Crippen LogP contribution in [0.3, 0.4) is 0 Å². The highest BCUT2D eigenvalue weighted by Gasteiger charge is 2.31. The number of furan rings is 1. The molecule has 1 heterocycles. The lowest BCUT2D eigenvalue weighted by atomic mass is 9.87. The van der Waals surface area contributed by atoms with Gasteiger partial charge in [-0.05, 0) is 45.7 Å². The van der Waals surface area contributed by atoms with Crippen molar-refractivity contribution in [2.75, 3.05) is 0 Å². The van der Waals surface area contributed by atoms with Gasteiger partial charge in [-0.3, -0.25) is 0 Å². The van der Waals surface area contributed by atoms with Gasteiger partial charge in [0, 0.05) is 17.5 Å². The summed E-state index contributed by atoms with van der Waals surface area (Å²) in [7, 11) is 0. The molecule has 0 saturated heterocycles. The smallest absolute Gasteiger partial charge is 0.407 e. The van der Waals surface area contributed by atoms with E-state index in [0.717, 1.165) is 29.6 Å². The molecule has 1 saturated carbocycles. The molecule has 1 aliphatic rings. The molecule has 2 aromatic rings. The number of para-hydroxylation sites is 1. The topological polar surface area (TPSA) is 63.5 Å². The predicted molar refractivity (Wildman–Crippen MR) is 89.2 cm³/mol. The largest absolute Gasteiger partial charge is 0.460 e. The maximum Gasteiger partial charge on any atom is 0.407 e. The predicted octanol–water partition coefficient (Wildman–Crippen LogP) is 3.58. The summed E-state index contributed by atoms with van der Waals surface area (Å²) in [6, 6.07) is 10.7. The highest BCUT2D eigenvalue weighted by Crippen LogP contribution is 2.23. The lowest BCUT2D eigenvalue weighted by Gasteiger charge is -2.36. The van der Waals surface area contributed by atoms with Crippen LogP contribution in [0.4, 0.5) is 4.79 Å². The Morgan fingerprint density at radius 3 is 2.70 bits per heavy atom. The summed E-state index contributed by atoms with van der Waals surface area (Å²) in [6.45, 7) is 6.31. The SMILES string of the molecule is CC(C)(C)OC(=O)NC1CC(NCc2cc3ccccc3o2)C1. The van der Waals surface area contributed by atoms with Crippen LogP contribution in [0.15, 0.2) is 34.7 Å². The van der Waals surface area contributed by atoms with E-state index >= 15 is 0 Å². The molecular weight excluding hydrogens is 292 g/mol. The zero-order valence-electron chi connectivity index (χ0n) is 13.9. The molecule has 0 aliphatic heterocycles. The third kappa shape index (κ3) is 4.26. The van der Waals surface area contributed by atoms with Crippen molar-refractivity contribution >= 4 is 17.1 Å². The number of carbonyl (C=O) groups is 1. The lowest BCUT2D eigenvalue weighted by molar-refractivity contribution is 0.0464. The average Bonchev–Trinajstić information content (AvgIpc) is 2.81. The van der Waals surface area contributed by atoms with E-state index in [0.29, 0.717) is 12.6 Å². The van der Waals surface area contributed by atoms with Crippen molar-refractivity contribution in [2.45, 2.75) is 57.8 Å². The molecule has 124 valence electrons. The normalized spacial score (nSPS) is 21.0. The maximum atomic E-state index is 11.7. The van der Waals surface area contributed by atoms with Crippen molar-refractivity contribution < 1.29 is 13.9 Å². The summed E-state index contributed by atoms with van der Waals surface area (Å²) in [5, 5.41) is 7.49. The first-order valence-electron chi connectivity index (χ1n) is 8.09. The van der Waals surface area contributed by atoms with Crippen LogP contribution in [0.5, 0.6) is 0 Å². The van der Waals surface area contributed by atoms with Crippen LogP contribution in [0, 0.1) is 0 Å². The zero-order valence-corrected chi connectivity index (χ0v) is 13.9. The molecule has 1 fully saturated rings. The third-order valence-electron chi connectivity index (χ3n) is 3.90. The van der Waals surface area contributed by atoms with E-state index in [4.69, 9.17) is 9.15 Å². The first kappa shape index (κ1) is 15.9. The quantitative estimate of drug-likeness (QED) is 0.905. The van der Waals surface area contributed by atoms with Gasteiger partial charge in [-0.15, -0.1) is 0 Å². The number of alkyl carbamates (subject to hydrolysis) is 1. The van der Waals surface area contributed by atoms with Crippen molar-refractivity contribution in [3.63, 3.8) is 0 Å². The van der Waals surface area contributed by atoms with E-state index < -0.39 is 5.60 Å². The van der Waals surface area contributed by atoms with E-state index in [1.165, 1.54) is 0 Å². The highest BCUT2D eigenvalue weighted by molar-refractivity contribution is 5.77. The summed E-state index contributed by atoms with van der Waals surface area (Å²) in [4.78, 5) is 11.7. The Morgan fingerprint density at radius 1 is 1.26 bits per heavy atom. The van der Waals surface area contributed by atoms with E-state index in [-0.39, 0.29) is 12.1 Å². The van der Waals surface area contributed by atoms with Crippen molar-refractivity contribution in [1.82, 2.24) is 10.6 Å². The number of carbonyl (C=O) groups excluding carboxylic acids is 1. The van der Waals surface area contributed by atoms with Gasteiger partial charge in [-0.1, -0.05) is 18.2 Å². The third-order valence-corrected chi connectivity index (χ3v) is 3.90. The number of amides is 1. The number of rotatable bonds is 4. The molecule has 23 heavy (non-hydrogen) atoms. The van der Waals surface area contributed by atoms with Gasteiger partial charge < -0.3 is 19.8 Å². The number of fused-ring (bicyclic) bond motifs is 1. The molecule has 5 heteroatoms. The lowest BCUT2D eigenvalue weighted by Crippen LogP contribution is -2.52. The monoisotopic (exact) mass is 316 g/mol. The second-order valence-electron chi connectivity index (χ2n) is 7.14. The van der Waals surface area contributed by atoms with Crippen molar-refractivity contribution in [3.8, 4) is 0 Å². The van der Waals surface area contributed by atoms with E-state index in [2.05, 4.69) is 16.7 Å². The van der Waals surface area contributed by atoms with Gasteiger partial charge in [0.15, 0.2) is 0 Å². The highest BCUT2D eigenvalue weighted by atomic mass is 16.6. The van der Waals surface area contributed by atoms with Gasteiger partial charge >= 0.3 is 6.09 Å². The molecule has 1 aromatic heterocycles. The molecule has 0 unspecified atom stereocenters. The molecule has 0 radical (unpaired) electrons. The summed E-state index contributed by atoms with van der Waals surface area (Å²) in [5.74, 6) is 0.940. The van der Waals surface area contributed by atoms with Crippen LogP contribution in [-0.2, 0) is 11.3 Å². The van der Waals surface area contributed by atoms with E-state index in [9.17, 15) is 4.79 Å². The van der Waals surface area contributed by atoms with Gasteiger partial charge in [0.05, 0.1) is 6.54 Å². The van der Waals surface area contributed by atoms with Gasteiger partial charge in [0.1, 0.15) is 16.9 Å². The first-order chi connectivity index (χ1) is 10.9. The fraction of sp³-hybridized carbons (Fsp3) is 0.500. The molecule has 2 N–H and O–H groups in total. The number of hydrogen-bond acceptors (Lipinski definition) is 4.